The van der Waals surface area contributed by atoms with E-state index >= 15 is 0 Å². The number of hydrogen-bond acceptors (Lipinski definition) is 5. The smallest absolute Gasteiger partial charge is 0.302 e. The van der Waals surface area contributed by atoms with Crippen molar-refractivity contribution in [2.75, 3.05) is 13.1 Å². The molecule has 4 atom stereocenters. The highest BCUT2D eigenvalue weighted by Gasteiger charge is 2.48. The van der Waals surface area contributed by atoms with E-state index < -0.39 is 12.2 Å². The standard InChI is InChI=1S/C18H26FN3O3/c1-11(23)25-16-3-12-6-18(2,7-13(12)4-16)21-9-17(24)22-10-14(19)5-15(22)8-20/h12-16,21H,3-7,9-10H2,1-2H3/t12?,13?,14-,15-,16?,18?/m0/s1. The lowest BCUT2D eigenvalue weighted by Gasteiger charge is -2.29. The van der Waals surface area contributed by atoms with Crippen molar-refractivity contribution < 1.29 is 18.7 Å². The number of ether oxygens (including phenoxy) is 1. The molecule has 1 heterocycles. The van der Waals surface area contributed by atoms with E-state index in [1.807, 2.05) is 6.07 Å². The van der Waals surface area contributed by atoms with Gasteiger partial charge in [-0.05, 0) is 44.4 Å². The van der Waals surface area contributed by atoms with E-state index in [2.05, 4.69) is 12.2 Å². The molecule has 25 heavy (non-hydrogen) atoms. The summed E-state index contributed by atoms with van der Waals surface area (Å²) >= 11 is 0. The number of carbonyl (C=O) groups is 2. The first-order valence-corrected chi connectivity index (χ1v) is 9.05. The van der Waals surface area contributed by atoms with E-state index in [1.54, 1.807) is 0 Å². The fourth-order valence-electron chi connectivity index (χ4n) is 4.95. The minimum absolute atomic E-state index is 0.0186. The predicted molar refractivity (Wildman–Crippen MR) is 88.0 cm³/mol. The van der Waals surface area contributed by atoms with Crippen LogP contribution in [0.15, 0.2) is 0 Å². The van der Waals surface area contributed by atoms with Gasteiger partial charge in [-0.2, -0.15) is 5.26 Å². The van der Waals surface area contributed by atoms with Gasteiger partial charge >= 0.3 is 5.97 Å². The molecule has 3 rings (SSSR count). The minimum Gasteiger partial charge on any atom is -0.463 e. The molecule has 0 radical (unpaired) electrons. The number of halogens is 1. The zero-order chi connectivity index (χ0) is 18.2. The largest absolute Gasteiger partial charge is 0.463 e. The van der Waals surface area contributed by atoms with Crippen LogP contribution in [0.2, 0.25) is 0 Å². The maximum absolute atomic E-state index is 13.5. The number of esters is 1. The van der Waals surface area contributed by atoms with Gasteiger partial charge in [-0.3, -0.25) is 9.59 Å². The van der Waals surface area contributed by atoms with Crippen LogP contribution in [0.3, 0.4) is 0 Å². The van der Waals surface area contributed by atoms with E-state index in [-0.39, 0.29) is 43.0 Å². The Kier molecular flexibility index (Phi) is 5.01. The molecule has 2 aliphatic carbocycles. The molecule has 0 aromatic rings. The molecule has 0 bridgehead atoms. The van der Waals surface area contributed by atoms with E-state index in [9.17, 15) is 14.0 Å². The van der Waals surface area contributed by atoms with Crippen LogP contribution >= 0.6 is 0 Å². The number of amides is 1. The lowest BCUT2D eigenvalue weighted by molar-refractivity contribution is -0.146. The molecule has 2 unspecified atom stereocenters. The third-order valence-electron chi connectivity index (χ3n) is 5.94. The monoisotopic (exact) mass is 351 g/mol. The number of nitrogens with zero attached hydrogens (tertiary/aromatic N) is 2. The highest BCUT2D eigenvalue weighted by Crippen LogP contribution is 2.49. The Bertz CT molecular complexity index is 577. The molecule has 1 saturated heterocycles. The Hall–Kier alpha value is -1.68. The van der Waals surface area contributed by atoms with Crippen LogP contribution in [0, 0.1) is 23.2 Å². The molecule has 1 aliphatic heterocycles. The molecular weight excluding hydrogens is 325 g/mol. The van der Waals surface area contributed by atoms with Crippen molar-refractivity contribution in [2.24, 2.45) is 11.8 Å². The van der Waals surface area contributed by atoms with Gasteiger partial charge in [0.15, 0.2) is 0 Å². The molecular formula is C18H26FN3O3. The zero-order valence-electron chi connectivity index (χ0n) is 14.8. The fraction of sp³-hybridized carbons (Fsp3) is 0.833. The van der Waals surface area contributed by atoms with Crippen LogP contribution < -0.4 is 5.32 Å². The molecule has 3 aliphatic rings. The topological polar surface area (TPSA) is 82.4 Å². The van der Waals surface area contributed by atoms with Crippen molar-refractivity contribution in [3.05, 3.63) is 0 Å². The summed E-state index contributed by atoms with van der Waals surface area (Å²) in [6, 6.07) is 1.36. The Morgan fingerprint density at radius 3 is 2.52 bits per heavy atom. The van der Waals surface area contributed by atoms with Crippen molar-refractivity contribution in [1.82, 2.24) is 10.2 Å². The molecule has 0 aromatic heterocycles. The first-order chi connectivity index (χ1) is 11.8. The molecule has 6 nitrogen and oxygen atoms in total. The summed E-state index contributed by atoms with van der Waals surface area (Å²) in [4.78, 5) is 24.8. The number of carbonyl (C=O) groups excluding carboxylic acids is 2. The van der Waals surface area contributed by atoms with Crippen LogP contribution in [0.5, 0.6) is 0 Å². The van der Waals surface area contributed by atoms with Gasteiger partial charge in [-0.1, -0.05) is 0 Å². The van der Waals surface area contributed by atoms with Crippen molar-refractivity contribution in [2.45, 2.75) is 69.8 Å². The van der Waals surface area contributed by atoms with Crippen LogP contribution in [-0.2, 0) is 14.3 Å². The molecule has 1 amide bonds. The van der Waals surface area contributed by atoms with Gasteiger partial charge in [0.1, 0.15) is 18.3 Å². The van der Waals surface area contributed by atoms with E-state index in [0.717, 1.165) is 25.7 Å². The predicted octanol–water partition coefficient (Wildman–Crippen LogP) is 1.55. The second-order valence-corrected chi connectivity index (χ2v) is 8.07. The van der Waals surface area contributed by atoms with E-state index in [4.69, 9.17) is 10.00 Å². The molecule has 1 N–H and O–H groups in total. The highest BCUT2D eigenvalue weighted by atomic mass is 19.1. The molecule has 7 heteroatoms. The van der Waals surface area contributed by atoms with Crippen molar-refractivity contribution >= 4 is 11.9 Å². The fourth-order valence-corrected chi connectivity index (χ4v) is 4.95. The maximum Gasteiger partial charge on any atom is 0.302 e. The quantitative estimate of drug-likeness (QED) is 0.777. The number of nitriles is 1. The second-order valence-electron chi connectivity index (χ2n) is 8.07. The Labute approximate surface area is 147 Å². The van der Waals surface area contributed by atoms with Crippen molar-refractivity contribution in [1.29, 1.82) is 5.26 Å². The van der Waals surface area contributed by atoms with Crippen LogP contribution in [0.25, 0.3) is 0 Å². The zero-order valence-corrected chi connectivity index (χ0v) is 14.8. The van der Waals surface area contributed by atoms with Gasteiger partial charge in [0.25, 0.3) is 0 Å². The summed E-state index contributed by atoms with van der Waals surface area (Å²) < 4.78 is 18.8. The molecule has 0 aromatic carbocycles. The van der Waals surface area contributed by atoms with Gasteiger partial charge in [0.05, 0.1) is 19.2 Å². The normalized spacial score (nSPS) is 39.9. The van der Waals surface area contributed by atoms with Crippen molar-refractivity contribution in [3.8, 4) is 6.07 Å². The Morgan fingerprint density at radius 2 is 1.96 bits per heavy atom. The third-order valence-corrected chi connectivity index (χ3v) is 5.94. The van der Waals surface area contributed by atoms with Gasteiger partial charge in [-0.15, -0.1) is 0 Å². The summed E-state index contributed by atoms with van der Waals surface area (Å²) in [5.41, 5.74) is -0.136. The molecule has 3 fully saturated rings. The van der Waals surface area contributed by atoms with E-state index in [0.29, 0.717) is 11.8 Å². The summed E-state index contributed by atoms with van der Waals surface area (Å²) in [6.45, 7) is 3.71. The lowest BCUT2D eigenvalue weighted by Crippen LogP contribution is -2.48. The minimum atomic E-state index is -1.10. The van der Waals surface area contributed by atoms with Crippen LogP contribution in [-0.4, -0.2) is 53.7 Å². The first-order valence-electron chi connectivity index (χ1n) is 9.05. The Morgan fingerprint density at radius 1 is 1.32 bits per heavy atom. The average Bonchev–Trinajstić information content (AvgIpc) is 3.15. The van der Waals surface area contributed by atoms with Crippen LogP contribution in [0.4, 0.5) is 4.39 Å². The van der Waals surface area contributed by atoms with Gasteiger partial charge in [-0.25, -0.2) is 4.39 Å². The van der Waals surface area contributed by atoms with Gasteiger partial charge < -0.3 is 15.0 Å². The number of alkyl halides is 1. The molecule has 2 saturated carbocycles. The Balaban J connectivity index is 1.49. The molecule has 138 valence electrons. The number of nitrogens with one attached hydrogen (secondary N) is 1. The number of hydrogen-bond donors (Lipinski definition) is 1. The number of likely N-dealkylation sites (tertiary alicyclic amines) is 1. The SMILES string of the molecule is CC(=O)OC1CC2CC(C)(NCC(=O)N3C[C@@H](F)C[C@H]3C#N)CC2C1. The summed E-state index contributed by atoms with van der Waals surface area (Å²) in [7, 11) is 0. The second kappa shape index (κ2) is 6.91. The first kappa shape index (κ1) is 18.1. The summed E-state index contributed by atoms with van der Waals surface area (Å²) in [5, 5.41) is 12.4. The van der Waals surface area contributed by atoms with Gasteiger partial charge in [0, 0.05) is 18.9 Å². The lowest BCUT2D eigenvalue weighted by atomic mass is 9.95. The maximum atomic E-state index is 13.5. The van der Waals surface area contributed by atoms with Crippen molar-refractivity contribution in [3.63, 3.8) is 0 Å². The summed E-state index contributed by atoms with van der Waals surface area (Å²) in [6.07, 6.45) is 2.70. The third kappa shape index (κ3) is 3.95. The number of rotatable bonds is 4. The highest BCUT2D eigenvalue weighted by molar-refractivity contribution is 5.79. The van der Waals surface area contributed by atoms with Gasteiger partial charge in [0.2, 0.25) is 5.91 Å². The number of fused-ring (bicyclic) bond motifs is 1. The summed E-state index contributed by atoms with van der Waals surface area (Å²) in [5.74, 6) is 0.583. The average molecular weight is 351 g/mol. The molecule has 0 spiro atoms. The van der Waals surface area contributed by atoms with E-state index in [1.165, 1.54) is 11.8 Å². The van der Waals surface area contributed by atoms with Crippen LogP contribution in [0.1, 0.15) is 46.0 Å².